The molecule has 154 valence electrons. The molecule has 0 N–H and O–H groups in total. The van der Waals surface area contributed by atoms with Crippen molar-refractivity contribution in [3.05, 3.63) is 28.8 Å². The number of alkyl halides is 5. The van der Waals surface area contributed by atoms with Crippen molar-refractivity contribution in [3.63, 3.8) is 0 Å². The maximum absolute atomic E-state index is 13.9. The summed E-state index contributed by atoms with van der Waals surface area (Å²) in [6, 6.07) is 0.365. The highest BCUT2D eigenvalue weighted by molar-refractivity contribution is 8.66. The fourth-order valence-corrected chi connectivity index (χ4v) is 4.69. The van der Waals surface area contributed by atoms with Gasteiger partial charge in [-0.2, -0.15) is 22.0 Å². The molecule has 0 aliphatic rings. The minimum Gasteiger partial charge on any atom is -0.465 e. The first-order chi connectivity index (χ1) is 12.0. The predicted octanol–water partition coefficient (Wildman–Crippen LogP) is 2.81. The summed E-state index contributed by atoms with van der Waals surface area (Å²) in [4.78, 5) is 10.7. The largest absolute Gasteiger partial charge is 0.465 e. The van der Waals surface area contributed by atoms with Gasteiger partial charge in [0.1, 0.15) is 0 Å². The Balaban J connectivity index is 4.06. The number of esters is 1. The molecule has 0 fully saturated rings. The number of carbonyl (C=O) groups is 1. The third kappa shape index (κ3) is 4.23. The van der Waals surface area contributed by atoms with Gasteiger partial charge in [0.25, 0.3) is 17.7 Å². The number of hydrogen-bond acceptors (Lipinski definition) is 6. The third-order valence-electron chi connectivity index (χ3n) is 3.49. The second kappa shape index (κ2) is 7.34. The fourth-order valence-electron chi connectivity index (χ4n) is 2.18. The van der Waals surface area contributed by atoms with Gasteiger partial charge in [0, 0.05) is 5.56 Å². The molecule has 0 amide bonds. The van der Waals surface area contributed by atoms with Crippen LogP contribution in [0.2, 0.25) is 0 Å². The van der Waals surface area contributed by atoms with Crippen LogP contribution in [-0.2, 0) is 34.8 Å². The molecule has 1 aromatic rings. The van der Waals surface area contributed by atoms with Crippen LogP contribution in [0.1, 0.15) is 34.8 Å². The second-order valence-electron chi connectivity index (χ2n) is 5.48. The molecule has 0 saturated heterocycles. The maximum Gasteiger partial charge on any atom is 0.458 e. The Kier molecular flexibility index (Phi) is 6.33. The van der Waals surface area contributed by atoms with Crippen LogP contribution in [0.3, 0.4) is 0 Å². The van der Waals surface area contributed by atoms with E-state index in [4.69, 9.17) is 0 Å². The van der Waals surface area contributed by atoms with Gasteiger partial charge >= 0.3 is 18.1 Å². The molecule has 0 saturated carbocycles. The molecule has 0 aliphatic carbocycles. The van der Waals surface area contributed by atoms with Gasteiger partial charge in [0.05, 0.1) is 23.8 Å². The lowest BCUT2D eigenvalue weighted by molar-refractivity contribution is -0.289. The van der Waals surface area contributed by atoms with E-state index >= 15 is 0 Å². The third-order valence-corrected chi connectivity index (χ3v) is 8.13. The minimum absolute atomic E-state index is 0.0981. The van der Waals surface area contributed by atoms with E-state index in [-0.39, 0.29) is 25.0 Å². The molecule has 0 heterocycles. The van der Waals surface area contributed by atoms with Crippen molar-refractivity contribution in [1.82, 2.24) is 0 Å². The quantitative estimate of drug-likeness (QED) is 0.385. The van der Waals surface area contributed by atoms with E-state index < -0.39 is 57.4 Å². The van der Waals surface area contributed by atoms with Crippen molar-refractivity contribution in [3.8, 4) is 0 Å². The highest BCUT2D eigenvalue weighted by Gasteiger charge is 2.60. The molecule has 13 heteroatoms. The van der Waals surface area contributed by atoms with Crippen molar-refractivity contribution >= 4 is 23.7 Å². The summed E-state index contributed by atoms with van der Waals surface area (Å²) < 4.78 is 118. The van der Waals surface area contributed by atoms with Crippen molar-refractivity contribution < 1.29 is 48.3 Å². The minimum atomic E-state index is -6.09. The molecule has 0 aromatic heterocycles. The first-order valence-electron chi connectivity index (χ1n) is 7.17. The van der Waals surface area contributed by atoms with E-state index in [1.165, 1.54) is 6.92 Å². The molecular weight excluding hydrogens is 423 g/mol. The molecule has 0 bridgehead atoms. The first kappa shape index (κ1) is 23.3. The lowest BCUT2D eigenvalue weighted by Gasteiger charge is -2.23. The SMILES string of the molecule is CCCc1cc(C(F)(F)C(F)(F)F)c(C(=O)OC)cc1S(=O)(=O)S(C)(=O)=O. The summed E-state index contributed by atoms with van der Waals surface area (Å²) in [7, 11) is -9.28. The van der Waals surface area contributed by atoms with Crippen LogP contribution >= 0.6 is 0 Å². The Morgan fingerprint density at radius 1 is 1.07 bits per heavy atom. The summed E-state index contributed by atoms with van der Waals surface area (Å²) >= 11 is 0. The highest BCUT2D eigenvalue weighted by Crippen LogP contribution is 2.46. The first-order valence-corrected chi connectivity index (χ1v) is 11.1. The van der Waals surface area contributed by atoms with E-state index in [1.807, 2.05) is 0 Å². The molecule has 0 atom stereocenters. The Hall–Kier alpha value is -1.76. The van der Waals surface area contributed by atoms with Gasteiger partial charge in [-0.15, -0.1) is 0 Å². The second-order valence-corrected chi connectivity index (χ2v) is 11.4. The van der Waals surface area contributed by atoms with Gasteiger partial charge in [-0.1, -0.05) is 13.3 Å². The van der Waals surface area contributed by atoms with Crippen LogP contribution in [0.4, 0.5) is 22.0 Å². The number of methoxy groups -OCH3 is 1. The van der Waals surface area contributed by atoms with Gasteiger partial charge in [0.2, 0.25) is 0 Å². The number of halogens is 5. The Labute approximate surface area is 151 Å². The van der Waals surface area contributed by atoms with E-state index in [1.54, 1.807) is 0 Å². The Morgan fingerprint density at radius 3 is 1.96 bits per heavy atom. The lowest BCUT2D eigenvalue weighted by Crippen LogP contribution is -2.35. The molecule has 1 aromatic carbocycles. The van der Waals surface area contributed by atoms with Crippen molar-refractivity contribution in [2.45, 2.75) is 36.8 Å². The summed E-state index contributed by atoms with van der Waals surface area (Å²) in [5.74, 6) is -7.19. The molecular formula is C14H15F5O6S2. The average Bonchev–Trinajstić information content (AvgIpc) is 2.51. The van der Waals surface area contributed by atoms with E-state index in [0.29, 0.717) is 13.4 Å². The normalized spacial score (nSPS) is 13.5. The van der Waals surface area contributed by atoms with Crippen LogP contribution in [0, 0.1) is 0 Å². The average molecular weight is 438 g/mol. The molecule has 27 heavy (non-hydrogen) atoms. The number of aryl methyl sites for hydroxylation is 1. The maximum atomic E-state index is 13.9. The van der Waals surface area contributed by atoms with E-state index in [0.717, 1.165) is 0 Å². The zero-order chi connectivity index (χ0) is 21.4. The Bertz CT molecular complexity index is 949. The molecule has 6 nitrogen and oxygen atoms in total. The summed E-state index contributed by atoms with van der Waals surface area (Å²) in [6.07, 6.45) is -5.99. The molecule has 0 spiro atoms. The van der Waals surface area contributed by atoms with Gasteiger partial charge in [0.15, 0.2) is 0 Å². The van der Waals surface area contributed by atoms with Crippen LogP contribution in [0.15, 0.2) is 17.0 Å². The molecule has 0 aliphatic heterocycles. The molecule has 0 radical (unpaired) electrons. The number of carbonyl (C=O) groups excluding carboxylic acids is 1. The summed E-state index contributed by atoms with van der Waals surface area (Å²) in [5, 5.41) is 0. The zero-order valence-electron chi connectivity index (χ0n) is 14.2. The highest BCUT2D eigenvalue weighted by atomic mass is 33.2. The number of hydrogen-bond donors (Lipinski definition) is 0. The van der Waals surface area contributed by atoms with Crippen LogP contribution < -0.4 is 0 Å². The topological polar surface area (TPSA) is 94.6 Å². The fraction of sp³-hybridized carbons (Fsp3) is 0.500. The number of rotatable bonds is 6. The smallest absolute Gasteiger partial charge is 0.458 e. The van der Waals surface area contributed by atoms with Gasteiger partial charge < -0.3 is 4.74 Å². The van der Waals surface area contributed by atoms with Crippen molar-refractivity contribution in [1.29, 1.82) is 0 Å². The summed E-state index contributed by atoms with van der Waals surface area (Å²) in [5.41, 5.74) is -3.81. The monoisotopic (exact) mass is 438 g/mol. The van der Waals surface area contributed by atoms with Crippen LogP contribution in [0.25, 0.3) is 0 Å². The zero-order valence-corrected chi connectivity index (χ0v) is 15.9. The van der Waals surface area contributed by atoms with Crippen LogP contribution in [-0.4, -0.2) is 42.3 Å². The number of benzene rings is 1. The van der Waals surface area contributed by atoms with Gasteiger partial charge in [-0.05, 0) is 24.1 Å². The standard InChI is InChI=1S/C14H15F5O6S2/c1-4-5-8-6-10(13(15,16)14(17,18)19)9(12(20)25-2)7-11(8)27(23,24)26(3,21)22/h6-7H,4-5H2,1-3H3. The van der Waals surface area contributed by atoms with Gasteiger partial charge in [-0.25, -0.2) is 21.6 Å². The van der Waals surface area contributed by atoms with E-state index in [2.05, 4.69) is 4.74 Å². The van der Waals surface area contributed by atoms with Crippen molar-refractivity contribution in [2.24, 2.45) is 0 Å². The molecule has 0 unspecified atom stereocenters. The number of ether oxygens (including phenoxy) is 1. The van der Waals surface area contributed by atoms with Crippen LogP contribution in [0.5, 0.6) is 0 Å². The van der Waals surface area contributed by atoms with Gasteiger partial charge in [-0.3, -0.25) is 0 Å². The summed E-state index contributed by atoms with van der Waals surface area (Å²) in [6.45, 7) is 1.46. The van der Waals surface area contributed by atoms with E-state index in [9.17, 15) is 43.6 Å². The molecule has 1 rings (SSSR count). The predicted molar refractivity (Wildman–Crippen MR) is 83.8 cm³/mol. The lowest BCUT2D eigenvalue weighted by atomic mass is 9.96. The van der Waals surface area contributed by atoms with Crippen molar-refractivity contribution in [2.75, 3.05) is 13.4 Å². The Morgan fingerprint density at radius 2 is 1.59 bits per heavy atom.